The van der Waals surface area contributed by atoms with Gasteiger partial charge in [0, 0.05) is 30.9 Å². The monoisotopic (exact) mass is 306 g/mol. The maximum Gasteiger partial charge on any atom is 0.284 e. The molecule has 0 spiro atoms. The lowest BCUT2D eigenvalue weighted by Gasteiger charge is -2.06. The highest BCUT2D eigenvalue weighted by Gasteiger charge is 2.25. The number of nitrogens with zero attached hydrogens (tertiary/aromatic N) is 3. The minimum atomic E-state index is -3.69. The summed E-state index contributed by atoms with van der Waals surface area (Å²) in [5, 5.41) is 7.24. The van der Waals surface area contributed by atoms with E-state index >= 15 is 0 Å². The average molecular weight is 306 g/mol. The minimum absolute atomic E-state index is 0.111. The first-order valence-electron chi connectivity index (χ1n) is 6.79. The molecular formula is C13H14N4O3S. The van der Waals surface area contributed by atoms with E-state index in [9.17, 15) is 8.42 Å². The number of fused-ring (bicyclic) bond motifs is 1. The topological polar surface area (TPSA) is 86.1 Å². The number of hydrogen-bond acceptors (Lipinski definition) is 6. The van der Waals surface area contributed by atoms with Gasteiger partial charge in [-0.1, -0.05) is 0 Å². The summed E-state index contributed by atoms with van der Waals surface area (Å²) in [5.41, 5.74) is 1.69. The van der Waals surface area contributed by atoms with Crippen molar-refractivity contribution in [3.05, 3.63) is 35.8 Å². The van der Waals surface area contributed by atoms with E-state index in [0.29, 0.717) is 19.0 Å². The van der Waals surface area contributed by atoms with Crippen molar-refractivity contribution < 1.29 is 13.2 Å². The lowest BCUT2D eigenvalue weighted by Crippen LogP contribution is -2.15. The van der Waals surface area contributed by atoms with Gasteiger partial charge in [-0.25, -0.2) is 4.98 Å². The van der Waals surface area contributed by atoms with E-state index in [2.05, 4.69) is 15.4 Å². The molecule has 8 heteroatoms. The normalized spacial score (nSPS) is 17.7. The molecule has 1 N–H and O–H groups in total. The number of ether oxygens (including phenoxy) is 1. The molecule has 3 heterocycles. The summed E-state index contributed by atoms with van der Waals surface area (Å²) in [4.78, 5) is 4.17. The van der Waals surface area contributed by atoms with E-state index < -0.39 is 10.0 Å². The SMILES string of the molecule is O=S(=O)(c1ccc(OC2CC2)nc1)n1cc2c(n1)CNC2. The first kappa shape index (κ1) is 12.8. The molecule has 1 aliphatic carbocycles. The van der Waals surface area contributed by atoms with Gasteiger partial charge in [0.25, 0.3) is 10.0 Å². The van der Waals surface area contributed by atoms with Crippen LogP contribution in [0.3, 0.4) is 0 Å². The summed E-state index contributed by atoms with van der Waals surface area (Å²) in [6, 6.07) is 3.09. The molecule has 7 nitrogen and oxygen atoms in total. The maximum atomic E-state index is 12.5. The quantitative estimate of drug-likeness (QED) is 0.893. The Bertz CT molecular complexity index is 757. The predicted octanol–water partition coefficient (Wildman–Crippen LogP) is 0.659. The third kappa shape index (κ3) is 2.30. The molecule has 0 saturated heterocycles. The molecule has 2 aliphatic rings. The minimum Gasteiger partial charge on any atom is -0.474 e. The largest absolute Gasteiger partial charge is 0.474 e. The molecule has 0 aromatic carbocycles. The second-order valence-electron chi connectivity index (χ2n) is 5.23. The number of nitrogens with one attached hydrogen (secondary N) is 1. The molecule has 0 unspecified atom stereocenters. The summed E-state index contributed by atoms with van der Waals surface area (Å²) in [7, 11) is -3.69. The Morgan fingerprint density at radius 2 is 2.14 bits per heavy atom. The fraction of sp³-hybridized carbons (Fsp3) is 0.385. The Hall–Kier alpha value is -1.93. The van der Waals surface area contributed by atoms with E-state index in [1.807, 2.05) is 0 Å². The van der Waals surface area contributed by atoms with Crippen LogP contribution >= 0.6 is 0 Å². The third-order valence-electron chi connectivity index (χ3n) is 3.53. The van der Waals surface area contributed by atoms with Crippen LogP contribution in [0, 0.1) is 0 Å². The van der Waals surface area contributed by atoms with Crippen molar-refractivity contribution in [3.8, 4) is 5.88 Å². The van der Waals surface area contributed by atoms with Crippen LogP contribution in [0.15, 0.2) is 29.4 Å². The summed E-state index contributed by atoms with van der Waals surface area (Å²) < 4.78 is 31.5. The number of rotatable bonds is 4. The standard InChI is InChI=1S/C13H14N4O3S/c18-21(19,17-8-9-5-14-7-12(9)16-17)11-3-4-13(15-6-11)20-10-1-2-10/h3-4,6,8,10,14H,1-2,5,7H2. The molecular weight excluding hydrogens is 292 g/mol. The van der Waals surface area contributed by atoms with Crippen LogP contribution in [-0.4, -0.2) is 28.7 Å². The molecule has 0 atom stereocenters. The van der Waals surface area contributed by atoms with Crippen molar-refractivity contribution in [2.24, 2.45) is 0 Å². The Labute approximate surface area is 122 Å². The van der Waals surface area contributed by atoms with Crippen molar-refractivity contribution in [3.63, 3.8) is 0 Å². The fourth-order valence-corrected chi connectivity index (χ4v) is 3.32. The summed E-state index contributed by atoms with van der Waals surface area (Å²) >= 11 is 0. The van der Waals surface area contributed by atoms with E-state index in [-0.39, 0.29) is 11.0 Å². The molecule has 0 amide bonds. The van der Waals surface area contributed by atoms with Crippen LogP contribution in [-0.2, 0) is 23.1 Å². The molecule has 0 bridgehead atoms. The molecule has 1 fully saturated rings. The van der Waals surface area contributed by atoms with Gasteiger partial charge in [-0.3, -0.25) is 0 Å². The van der Waals surface area contributed by atoms with E-state index in [1.54, 1.807) is 12.3 Å². The van der Waals surface area contributed by atoms with Crippen LogP contribution < -0.4 is 10.1 Å². The lowest BCUT2D eigenvalue weighted by atomic mass is 10.3. The third-order valence-corrected chi connectivity index (χ3v) is 5.05. The van der Waals surface area contributed by atoms with Gasteiger partial charge in [0.15, 0.2) is 0 Å². The molecule has 1 saturated carbocycles. The van der Waals surface area contributed by atoms with Crippen molar-refractivity contribution in [2.45, 2.75) is 36.9 Å². The molecule has 2 aromatic heterocycles. The second kappa shape index (κ2) is 4.54. The van der Waals surface area contributed by atoms with Crippen molar-refractivity contribution >= 4 is 10.0 Å². The van der Waals surface area contributed by atoms with Gasteiger partial charge in [-0.15, -0.1) is 0 Å². The Balaban J connectivity index is 1.63. The molecule has 2 aromatic rings. The van der Waals surface area contributed by atoms with Crippen LogP contribution in [0.2, 0.25) is 0 Å². The van der Waals surface area contributed by atoms with Crippen LogP contribution in [0.25, 0.3) is 0 Å². The van der Waals surface area contributed by atoms with E-state index in [4.69, 9.17) is 4.74 Å². The van der Waals surface area contributed by atoms with Crippen molar-refractivity contribution in [1.82, 2.24) is 19.5 Å². The van der Waals surface area contributed by atoms with Gasteiger partial charge in [0.05, 0.1) is 11.9 Å². The smallest absolute Gasteiger partial charge is 0.284 e. The van der Waals surface area contributed by atoms with E-state index in [1.165, 1.54) is 12.3 Å². The van der Waals surface area contributed by atoms with Gasteiger partial charge in [-0.2, -0.15) is 17.6 Å². The highest BCUT2D eigenvalue weighted by Crippen LogP contribution is 2.26. The van der Waals surface area contributed by atoms with Crippen molar-refractivity contribution in [1.29, 1.82) is 0 Å². The Kier molecular flexibility index (Phi) is 2.76. The first-order valence-corrected chi connectivity index (χ1v) is 8.23. The zero-order chi connectivity index (χ0) is 14.4. The summed E-state index contributed by atoms with van der Waals surface area (Å²) in [5.74, 6) is 0.462. The van der Waals surface area contributed by atoms with Crippen molar-refractivity contribution in [2.75, 3.05) is 0 Å². The molecule has 110 valence electrons. The van der Waals surface area contributed by atoms with Gasteiger partial charge in [0.2, 0.25) is 5.88 Å². The Morgan fingerprint density at radius 1 is 1.29 bits per heavy atom. The zero-order valence-electron chi connectivity index (χ0n) is 11.2. The number of hydrogen-bond donors (Lipinski definition) is 1. The number of aromatic nitrogens is 3. The average Bonchev–Trinajstić information content (AvgIpc) is 3.00. The Morgan fingerprint density at radius 3 is 2.81 bits per heavy atom. The first-order chi connectivity index (χ1) is 10.1. The second-order valence-corrected chi connectivity index (χ2v) is 7.03. The molecule has 4 rings (SSSR count). The van der Waals surface area contributed by atoms with Gasteiger partial charge >= 0.3 is 0 Å². The zero-order valence-corrected chi connectivity index (χ0v) is 12.0. The molecule has 1 aliphatic heterocycles. The predicted molar refractivity (Wildman–Crippen MR) is 73.2 cm³/mol. The highest BCUT2D eigenvalue weighted by atomic mass is 32.2. The van der Waals surface area contributed by atoms with Crippen LogP contribution in [0.5, 0.6) is 5.88 Å². The van der Waals surface area contributed by atoms with Crippen LogP contribution in [0.4, 0.5) is 0 Å². The van der Waals surface area contributed by atoms with Gasteiger partial charge < -0.3 is 10.1 Å². The summed E-state index contributed by atoms with van der Waals surface area (Å²) in [6.07, 6.45) is 5.18. The molecule has 21 heavy (non-hydrogen) atoms. The highest BCUT2D eigenvalue weighted by molar-refractivity contribution is 7.89. The summed E-state index contributed by atoms with van der Waals surface area (Å²) in [6.45, 7) is 1.25. The number of pyridine rings is 1. The van der Waals surface area contributed by atoms with Crippen LogP contribution in [0.1, 0.15) is 24.1 Å². The molecule has 0 radical (unpaired) electrons. The maximum absolute atomic E-state index is 12.5. The van der Waals surface area contributed by atoms with Gasteiger partial charge in [-0.05, 0) is 18.9 Å². The lowest BCUT2D eigenvalue weighted by molar-refractivity contribution is 0.290. The van der Waals surface area contributed by atoms with E-state index in [0.717, 1.165) is 28.2 Å². The van der Waals surface area contributed by atoms with Gasteiger partial charge in [0.1, 0.15) is 11.0 Å². The fourth-order valence-electron chi connectivity index (χ4n) is 2.21.